The maximum atomic E-state index is 12.3. The number of esters is 1. The van der Waals surface area contributed by atoms with Crippen molar-refractivity contribution in [2.24, 2.45) is 0 Å². The van der Waals surface area contributed by atoms with Crippen molar-refractivity contribution in [3.05, 3.63) is 70.3 Å². The molecule has 0 fully saturated rings. The summed E-state index contributed by atoms with van der Waals surface area (Å²) in [7, 11) is 0. The van der Waals surface area contributed by atoms with E-state index in [2.05, 4.69) is 10.6 Å². The summed E-state index contributed by atoms with van der Waals surface area (Å²) >= 11 is 0. The third kappa shape index (κ3) is 5.67. The Kier molecular flexibility index (Phi) is 6.65. The molecule has 0 saturated carbocycles. The molecule has 0 unspecified atom stereocenters. The van der Waals surface area contributed by atoms with Gasteiger partial charge in [0, 0.05) is 18.2 Å². The molecule has 0 aromatic heterocycles. The predicted octanol–water partition coefficient (Wildman–Crippen LogP) is 3.42. The first kappa shape index (κ1) is 20.6. The van der Waals surface area contributed by atoms with Gasteiger partial charge in [-0.3, -0.25) is 4.79 Å². The van der Waals surface area contributed by atoms with Crippen LogP contribution in [0, 0.1) is 0 Å². The maximum absolute atomic E-state index is 12.3. The van der Waals surface area contributed by atoms with Crippen molar-refractivity contribution in [1.82, 2.24) is 10.6 Å². The molecule has 6 nitrogen and oxygen atoms in total. The second kappa shape index (κ2) is 9.37. The zero-order chi connectivity index (χ0) is 20.8. The van der Waals surface area contributed by atoms with Gasteiger partial charge >= 0.3 is 12.0 Å². The minimum atomic E-state index is -0.545. The van der Waals surface area contributed by atoms with E-state index in [9.17, 15) is 14.4 Å². The Labute approximate surface area is 170 Å². The summed E-state index contributed by atoms with van der Waals surface area (Å²) in [6, 6.07) is 12.3. The highest BCUT2D eigenvalue weighted by molar-refractivity contribution is 5.99. The monoisotopic (exact) mass is 394 g/mol. The van der Waals surface area contributed by atoms with Crippen LogP contribution < -0.4 is 10.6 Å². The standard InChI is InChI=1S/C23H26N2O4/c1-15(2)25-23(28)24-13-16-6-8-18(9-7-16)22(27)29-14-21(26)20-11-10-17-4-3-5-19(17)12-20/h6-12,15H,3-5,13-14H2,1-2H3,(H2,24,25,28). The molecule has 0 atom stereocenters. The fraction of sp³-hybridized carbons (Fsp3) is 0.348. The molecule has 2 aromatic rings. The first-order valence-electron chi connectivity index (χ1n) is 9.88. The highest BCUT2D eigenvalue weighted by Crippen LogP contribution is 2.23. The van der Waals surface area contributed by atoms with Crippen LogP contribution in [0.5, 0.6) is 0 Å². The molecule has 29 heavy (non-hydrogen) atoms. The predicted molar refractivity (Wildman–Crippen MR) is 110 cm³/mol. The van der Waals surface area contributed by atoms with Gasteiger partial charge in [-0.2, -0.15) is 0 Å². The van der Waals surface area contributed by atoms with E-state index in [-0.39, 0.29) is 24.5 Å². The van der Waals surface area contributed by atoms with Crippen molar-refractivity contribution in [3.8, 4) is 0 Å². The van der Waals surface area contributed by atoms with Crippen LogP contribution in [0.1, 0.15) is 57.7 Å². The van der Waals surface area contributed by atoms with Crippen molar-refractivity contribution >= 4 is 17.8 Å². The van der Waals surface area contributed by atoms with Gasteiger partial charge in [0.05, 0.1) is 5.56 Å². The second-order valence-electron chi connectivity index (χ2n) is 7.51. The molecule has 1 aliphatic rings. The van der Waals surface area contributed by atoms with Gasteiger partial charge in [-0.15, -0.1) is 0 Å². The Balaban J connectivity index is 1.49. The van der Waals surface area contributed by atoms with E-state index in [1.165, 1.54) is 11.1 Å². The quantitative estimate of drug-likeness (QED) is 0.557. The number of amides is 2. The third-order valence-electron chi connectivity index (χ3n) is 4.82. The molecular weight excluding hydrogens is 368 g/mol. The summed E-state index contributed by atoms with van der Waals surface area (Å²) in [6.45, 7) is 3.84. The zero-order valence-corrected chi connectivity index (χ0v) is 16.8. The van der Waals surface area contributed by atoms with Gasteiger partial charge in [-0.25, -0.2) is 9.59 Å². The average molecular weight is 394 g/mol. The van der Waals surface area contributed by atoms with Gasteiger partial charge in [-0.1, -0.05) is 24.3 Å². The van der Waals surface area contributed by atoms with Crippen molar-refractivity contribution in [1.29, 1.82) is 0 Å². The van der Waals surface area contributed by atoms with Gasteiger partial charge in [-0.05, 0) is 68.0 Å². The van der Waals surface area contributed by atoms with E-state index in [4.69, 9.17) is 4.74 Å². The molecule has 0 spiro atoms. The van der Waals surface area contributed by atoms with E-state index in [0.29, 0.717) is 17.7 Å². The summed E-state index contributed by atoms with van der Waals surface area (Å²) in [4.78, 5) is 36.2. The largest absolute Gasteiger partial charge is 0.454 e. The summed E-state index contributed by atoms with van der Waals surface area (Å²) in [5.74, 6) is -0.749. The molecular formula is C23H26N2O4. The first-order valence-corrected chi connectivity index (χ1v) is 9.88. The number of aryl methyl sites for hydroxylation is 2. The lowest BCUT2D eigenvalue weighted by molar-refractivity contribution is 0.0474. The number of fused-ring (bicyclic) bond motifs is 1. The number of Topliss-reactive ketones (excluding diaryl/α,β-unsaturated/α-hetero) is 1. The van der Waals surface area contributed by atoms with E-state index < -0.39 is 5.97 Å². The van der Waals surface area contributed by atoms with Crippen LogP contribution in [0.25, 0.3) is 0 Å². The summed E-state index contributed by atoms with van der Waals surface area (Å²) in [5, 5.41) is 5.48. The number of carbonyl (C=O) groups is 3. The molecule has 0 saturated heterocycles. The smallest absolute Gasteiger partial charge is 0.338 e. The molecule has 0 bridgehead atoms. The van der Waals surface area contributed by atoms with Crippen LogP contribution in [0.15, 0.2) is 42.5 Å². The normalized spacial score (nSPS) is 12.4. The van der Waals surface area contributed by atoms with Gasteiger partial charge < -0.3 is 15.4 Å². The number of hydrogen-bond donors (Lipinski definition) is 2. The van der Waals surface area contributed by atoms with Crippen LogP contribution in [0.2, 0.25) is 0 Å². The Morgan fingerprint density at radius 3 is 2.38 bits per heavy atom. The topological polar surface area (TPSA) is 84.5 Å². The Morgan fingerprint density at radius 2 is 1.66 bits per heavy atom. The Morgan fingerprint density at radius 1 is 0.966 bits per heavy atom. The molecule has 2 aromatic carbocycles. The lowest BCUT2D eigenvalue weighted by Gasteiger charge is -2.10. The number of rotatable bonds is 7. The Bertz CT molecular complexity index is 904. The Hall–Kier alpha value is -3.15. The number of urea groups is 1. The van der Waals surface area contributed by atoms with Crippen LogP contribution in [0.3, 0.4) is 0 Å². The van der Waals surface area contributed by atoms with E-state index in [1.54, 1.807) is 30.3 Å². The SMILES string of the molecule is CC(C)NC(=O)NCc1ccc(C(=O)OCC(=O)c2ccc3c(c2)CCC3)cc1. The molecule has 0 radical (unpaired) electrons. The third-order valence-corrected chi connectivity index (χ3v) is 4.82. The number of ether oxygens (including phenoxy) is 1. The second-order valence-corrected chi connectivity index (χ2v) is 7.51. The van der Waals surface area contributed by atoms with Crippen molar-refractivity contribution in [3.63, 3.8) is 0 Å². The van der Waals surface area contributed by atoms with E-state index in [1.807, 2.05) is 26.0 Å². The average Bonchev–Trinajstić information content (AvgIpc) is 3.18. The van der Waals surface area contributed by atoms with Gasteiger partial charge in [0.1, 0.15) is 0 Å². The minimum absolute atomic E-state index is 0.0617. The van der Waals surface area contributed by atoms with Gasteiger partial charge in [0.15, 0.2) is 12.4 Å². The molecule has 0 heterocycles. The number of ketones is 1. The summed E-state index contributed by atoms with van der Waals surface area (Å²) < 4.78 is 5.18. The van der Waals surface area contributed by atoms with E-state index >= 15 is 0 Å². The first-order chi connectivity index (χ1) is 13.9. The van der Waals surface area contributed by atoms with Crippen molar-refractivity contribution in [2.75, 3.05) is 6.61 Å². The highest BCUT2D eigenvalue weighted by atomic mass is 16.5. The lowest BCUT2D eigenvalue weighted by atomic mass is 10.0. The lowest BCUT2D eigenvalue weighted by Crippen LogP contribution is -2.39. The molecule has 3 rings (SSSR count). The van der Waals surface area contributed by atoms with Crippen LogP contribution in [-0.2, 0) is 24.1 Å². The van der Waals surface area contributed by atoms with Crippen molar-refractivity contribution < 1.29 is 19.1 Å². The number of hydrogen-bond acceptors (Lipinski definition) is 4. The van der Waals surface area contributed by atoms with Crippen molar-refractivity contribution in [2.45, 2.75) is 45.7 Å². The van der Waals surface area contributed by atoms with Crippen LogP contribution >= 0.6 is 0 Å². The molecule has 6 heteroatoms. The number of benzene rings is 2. The molecule has 152 valence electrons. The number of nitrogens with one attached hydrogen (secondary N) is 2. The highest BCUT2D eigenvalue weighted by Gasteiger charge is 2.16. The van der Waals surface area contributed by atoms with Gasteiger partial charge in [0.2, 0.25) is 0 Å². The zero-order valence-electron chi connectivity index (χ0n) is 16.8. The number of carbonyl (C=O) groups excluding carboxylic acids is 3. The molecule has 2 amide bonds. The van der Waals surface area contributed by atoms with Crippen LogP contribution in [-0.4, -0.2) is 30.4 Å². The molecule has 0 aliphatic heterocycles. The summed E-state index contributed by atoms with van der Waals surface area (Å²) in [5.41, 5.74) is 4.32. The fourth-order valence-corrected chi connectivity index (χ4v) is 3.30. The van der Waals surface area contributed by atoms with Crippen LogP contribution in [0.4, 0.5) is 4.79 Å². The van der Waals surface area contributed by atoms with Gasteiger partial charge in [0.25, 0.3) is 0 Å². The molecule has 1 aliphatic carbocycles. The minimum Gasteiger partial charge on any atom is -0.454 e. The molecule has 2 N–H and O–H groups in total. The maximum Gasteiger partial charge on any atom is 0.338 e. The summed E-state index contributed by atoms with van der Waals surface area (Å²) in [6.07, 6.45) is 3.18. The fourth-order valence-electron chi connectivity index (χ4n) is 3.30. The van der Waals surface area contributed by atoms with E-state index in [0.717, 1.165) is 24.8 Å².